The van der Waals surface area contributed by atoms with Crippen molar-refractivity contribution >= 4 is 5.69 Å². The highest BCUT2D eigenvalue weighted by Crippen LogP contribution is 2.23. The molecular weight excluding hydrogens is 203 g/mol. The van der Waals surface area contributed by atoms with Crippen LogP contribution >= 0.6 is 0 Å². The first-order valence-corrected chi connectivity index (χ1v) is 5.93. The zero-order chi connectivity index (χ0) is 11.5. The van der Waals surface area contributed by atoms with Gasteiger partial charge in [0.2, 0.25) is 0 Å². The number of benzene rings is 1. The van der Waals surface area contributed by atoms with E-state index >= 15 is 0 Å². The smallest absolute Gasteiger partial charge is 0.125 e. The topological polar surface area (TPSA) is 15.3 Å². The van der Waals surface area contributed by atoms with E-state index in [-0.39, 0.29) is 5.82 Å². The lowest BCUT2D eigenvalue weighted by atomic mass is 10.1. The molecule has 0 aliphatic carbocycles. The molecule has 3 heteroatoms. The second kappa shape index (κ2) is 4.83. The monoisotopic (exact) mass is 222 g/mol. The van der Waals surface area contributed by atoms with Gasteiger partial charge in [-0.3, -0.25) is 0 Å². The highest BCUT2D eigenvalue weighted by molar-refractivity contribution is 5.48. The van der Waals surface area contributed by atoms with E-state index in [0.29, 0.717) is 12.1 Å². The minimum absolute atomic E-state index is 0.158. The van der Waals surface area contributed by atoms with Crippen molar-refractivity contribution in [2.45, 2.75) is 32.4 Å². The lowest BCUT2D eigenvalue weighted by Crippen LogP contribution is -2.41. The van der Waals surface area contributed by atoms with E-state index in [2.05, 4.69) is 24.1 Å². The van der Waals surface area contributed by atoms with Crippen LogP contribution in [0.4, 0.5) is 10.1 Å². The van der Waals surface area contributed by atoms with E-state index in [1.807, 2.05) is 6.07 Å². The average molecular weight is 222 g/mol. The minimum atomic E-state index is -0.158. The maximum atomic E-state index is 13.2. The molecule has 1 aromatic carbocycles. The van der Waals surface area contributed by atoms with E-state index in [4.69, 9.17) is 0 Å². The summed E-state index contributed by atoms with van der Waals surface area (Å²) in [5, 5.41) is 3.41. The fourth-order valence-corrected chi connectivity index (χ4v) is 2.44. The fraction of sp³-hybridized carbons (Fsp3) is 0.538. The fourth-order valence-electron chi connectivity index (χ4n) is 2.44. The molecule has 0 spiro atoms. The van der Waals surface area contributed by atoms with Gasteiger partial charge in [-0.2, -0.15) is 0 Å². The zero-order valence-electron chi connectivity index (χ0n) is 9.91. The third kappa shape index (κ3) is 2.35. The largest absolute Gasteiger partial charge is 0.365 e. The minimum Gasteiger partial charge on any atom is -0.365 e. The lowest BCUT2D eigenvalue weighted by Gasteiger charge is -2.34. The first kappa shape index (κ1) is 11.4. The van der Waals surface area contributed by atoms with Crippen molar-refractivity contribution in [1.82, 2.24) is 5.32 Å². The Morgan fingerprint density at radius 1 is 1.31 bits per heavy atom. The van der Waals surface area contributed by atoms with Gasteiger partial charge < -0.3 is 10.2 Å². The molecule has 1 saturated heterocycles. The molecule has 2 atom stereocenters. The summed E-state index contributed by atoms with van der Waals surface area (Å²) in [5.74, 6) is -0.158. The van der Waals surface area contributed by atoms with Crippen LogP contribution in [0, 0.1) is 5.82 Å². The van der Waals surface area contributed by atoms with Gasteiger partial charge in [0.15, 0.2) is 0 Å². The van der Waals surface area contributed by atoms with Gasteiger partial charge in [-0.1, -0.05) is 6.07 Å². The van der Waals surface area contributed by atoms with Crippen LogP contribution in [-0.2, 0) is 0 Å². The first-order chi connectivity index (χ1) is 7.68. The zero-order valence-corrected chi connectivity index (χ0v) is 9.91. The molecule has 16 heavy (non-hydrogen) atoms. The maximum absolute atomic E-state index is 13.2. The summed E-state index contributed by atoms with van der Waals surface area (Å²) in [6.45, 7) is 6.38. The van der Waals surface area contributed by atoms with Gasteiger partial charge in [0, 0.05) is 24.3 Å². The number of rotatable bonds is 1. The van der Waals surface area contributed by atoms with Crippen LogP contribution in [-0.4, -0.2) is 25.2 Å². The average Bonchev–Trinajstić information content (AvgIpc) is 2.40. The molecule has 1 fully saturated rings. The third-order valence-corrected chi connectivity index (χ3v) is 3.23. The molecule has 88 valence electrons. The van der Waals surface area contributed by atoms with Crippen molar-refractivity contribution in [2.75, 3.05) is 18.0 Å². The van der Waals surface area contributed by atoms with E-state index in [0.717, 1.165) is 25.2 Å². The van der Waals surface area contributed by atoms with Crippen LogP contribution in [0.3, 0.4) is 0 Å². The van der Waals surface area contributed by atoms with Crippen molar-refractivity contribution in [3.63, 3.8) is 0 Å². The Balaban J connectivity index is 2.28. The summed E-state index contributed by atoms with van der Waals surface area (Å²) in [7, 11) is 0. The molecule has 1 aliphatic rings. The molecule has 0 saturated carbocycles. The van der Waals surface area contributed by atoms with Crippen LogP contribution in [0.15, 0.2) is 24.3 Å². The Hall–Kier alpha value is -1.09. The Labute approximate surface area is 96.5 Å². The van der Waals surface area contributed by atoms with Crippen molar-refractivity contribution < 1.29 is 4.39 Å². The quantitative estimate of drug-likeness (QED) is 0.785. The Morgan fingerprint density at radius 2 is 2.12 bits per heavy atom. The molecule has 2 rings (SSSR count). The summed E-state index contributed by atoms with van der Waals surface area (Å²) < 4.78 is 13.2. The summed E-state index contributed by atoms with van der Waals surface area (Å²) in [4.78, 5) is 2.31. The van der Waals surface area contributed by atoms with Gasteiger partial charge in [-0.05, 0) is 45.0 Å². The van der Waals surface area contributed by atoms with Crippen LogP contribution < -0.4 is 10.2 Å². The van der Waals surface area contributed by atoms with Crippen molar-refractivity contribution in [1.29, 1.82) is 0 Å². The van der Waals surface area contributed by atoms with Crippen LogP contribution in [0.1, 0.15) is 20.3 Å². The second-order valence-electron chi connectivity index (χ2n) is 4.58. The van der Waals surface area contributed by atoms with Gasteiger partial charge in [0.25, 0.3) is 0 Å². The van der Waals surface area contributed by atoms with Crippen molar-refractivity contribution in [3.8, 4) is 0 Å². The lowest BCUT2D eigenvalue weighted by molar-refractivity contribution is 0.570. The van der Waals surface area contributed by atoms with Crippen LogP contribution in [0.25, 0.3) is 0 Å². The van der Waals surface area contributed by atoms with Crippen LogP contribution in [0.2, 0.25) is 0 Å². The number of halogens is 1. The molecule has 2 nitrogen and oxygen atoms in total. The van der Waals surface area contributed by atoms with Gasteiger partial charge in [0.05, 0.1) is 0 Å². The summed E-state index contributed by atoms with van der Waals surface area (Å²) in [5.41, 5.74) is 0.990. The molecule has 1 heterocycles. The molecule has 0 aromatic heterocycles. The van der Waals surface area contributed by atoms with Crippen LogP contribution in [0.5, 0.6) is 0 Å². The molecular formula is C13H19FN2. The maximum Gasteiger partial charge on any atom is 0.125 e. The SMILES string of the molecule is CC1CCNCC(C)N1c1cccc(F)c1. The number of nitrogens with one attached hydrogen (secondary N) is 1. The van der Waals surface area contributed by atoms with E-state index < -0.39 is 0 Å². The Bertz CT molecular complexity index is 342. The number of hydrogen-bond acceptors (Lipinski definition) is 2. The standard InChI is InChI=1S/C13H19FN2/c1-10-6-7-15-9-11(2)16(10)13-5-3-4-12(14)8-13/h3-5,8,10-11,15H,6-7,9H2,1-2H3. The first-order valence-electron chi connectivity index (χ1n) is 5.93. The summed E-state index contributed by atoms with van der Waals surface area (Å²) in [6, 6.07) is 7.74. The molecule has 1 aliphatic heterocycles. The summed E-state index contributed by atoms with van der Waals surface area (Å²) in [6.07, 6.45) is 1.10. The van der Waals surface area contributed by atoms with E-state index in [1.165, 1.54) is 6.07 Å². The Morgan fingerprint density at radius 3 is 2.88 bits per heavy atom. The predicted molar refractivity (Wildman–Crippen MR) is 65.3 cm³/mol. The molecule has 2 unspecified atom stereocenters. The third-order valence-electron chi connectivity index (χ3n) is 3.23. The number of anilines is 1. The van der Waals surface area contributed by atoms with Crippen molar-refractivity contribution in [2.24, 2.45) is 0 Å². The normalized spacial score (nSPS) is 26.6. The highest BCUT2D eigenvalue weighted by atomic mass is 19.1. The molecule has 0 bridgehead atoms. The molecule has 0 radical (unpaired) electrons. The van der Waals surface area contributed by atoms with Crippen molar-refractivity contribution in [3.05, 3.63) is 30.1 Å². The van der Waals surface area contributed by atoms with Gasteiger partial charge in [0.1, 0.15) is 5.82 Å². The number of hydrogen-bond donors (Lipinski definition) is 1. The number of nitrogens with zero attached hydrogens (tertiary/aromatic N) is 1. The molecule has 1 aromatic rings. The van der Waals surface area contributed by atoms with Gasteiger partial charge in [-0.25, -0.2) is 4.39 Å². The van der Waals surface area contributed by atoms with E-state index in [9.17, 15) is 4.39 Å². The van der Waals surface area contributed by atoms with Gasteiger partial charge in [-0.15, -0.1) is 0 Å². The predicted octanol–water partition coefficient (Wildman–Crippen LogP) is 2.40. The summed E-state index contributed by atoms with van der Waals surface area (Å²) >= 11 is 0. The Kier molecular flexibility index (Phi) is 3.44. The second-order valence-corrected chi connectivity index (χ2v) is 4.58. The molecule has 1 N–H and O–H groups in total. The van der Waals surface area contributed by atoms with E-state index in [1.54, 1.807) is 12.1 Å². The molecule has 0 amide bonds. The van der Waals surface area contributed by atoms with Gasteiger partial charge >= 0.3 is 0 Å². The highest BCUT2D eigenvalue weighted by Gasteiger charge is 2.23.